The summed E-state index contributed by atoms with van der Waals surface area (Å²) in [4.78, 5) is 95.1. The van der Waals surface area contributed by atoms with E-state index < -0.39 is 149 Å². The highest BCUT2D eigenvalue weighted by molar-refractivity contribution is 5.79. The van der Waals surface area contributed by atoms with E-state index >= 15 is 0 Å². The number of hydrogen-bond donors (Lipinski definition) is 15. The Kier molecular flexibility index (Phi) is 31.4. The van der Waals surface area contributed by atoms with Gasteiger partial charge in [0, 0.05) is 25.9 Å². The van der Waals surface area contributed by atoms with E-state index in [0.29, 0.717) is 12.4 Å². The molecule has 0 aliphatic heterocycles. The van der Waals surface area contributed by atoms with Crippen LogP contribution in [0.1, 0.15) is 19.3 Å². The number of carbonyl (C=O) groups excluding carboxylic acids is 4. The molecule has 0 radical (unpaired) electrons. The zero-order valence-electron chi connectivity index (χ0n) is 35.0. The maximum absolute atomic E-state index is 12.6. The van der Waals surface area contributed by atoms with Gasteiger partial charge in [0.05, 0.1) is 58.4 Å². The SMILES string of the molecule is O=C(O)CC(CCN(CCN(CC(=O)O)CC(=O)NCCOC(=O)CO/N=C/[C@H](O)[C@H](O)[C@H](O)[C@H](O)CO)CC(=O)O)CC(=O)NCCOC(=O)CO/N=C/[C@H](O)[C@H](O)[C@H](O)[C@H](O)CO. The number of nitrogens with one attached hydrogen (secondary N) is 2. The number of hydrogen-bond acceptors (Lipinski definition) is 25. The number of nitrogens with zero attached hydrogens (tertiary/aromatic N) is 4. The van der Waals surface area contributed by atoms with Gasteiger partial charge in [0.25, 0.3) is 0 Å². The largest absolute Gasteiger partial charge is 0.481 e. The average Bonchev–Trinajstić information content (AvgIpc) is 3.25. The second kappa shape index (κ2) is 34.1. The predicted molar refractivity (Wildman–Crippen MR) is 212 cm³/mol. The van der Waals surface area contributed by atoms with Gasteiger partial charge in [-0.25, -0.2) is 9.59 Å². The van der Waals surface area contributed by atoms with Gasteiger partial charge in [-0.2, -0.15) is 0 Å². The van der Waals surface area contributed by atoms with Crippen LogP contribution in [0.25, 0.3) is 0 Å². The lowest BCUT2D eigenvalue weighted by Crippen LogP contribution is -2.46. The Hall–Kier alpha value is -5.25. The monoisotopic (exact) mass is 948 g/mol. The first-order valence-electron chi connectivity index (χ1n) is 19.5. The molecule has 65 heavy (non-hydrogen) atoms. The number of aliphatic hydroxyl groups excluding tert-OH is 10. The summed E-state index contributed by atoms with van der Waals surface area (Å²) >= 11 is 0. The Bertz CT molecular complexity index is 1410. The van der Waals surface area contributed by atoms with Crippen LogP contribution in [0.2, 0.25) is 0 Å². The lowest BCUT2D eigenvalue weighted by Gasteiger charge is -2.26. The number of carbonyl (C=O) groups is 7. The number of aliphatic carboxylic acids is 3. The molecule has 0 saturated heterocycles. The molecule has 0 aromatic carbocycles. The van der Waals surface area contributed by atoms with Crippen LogP contribution < -0.4 is 10.6 Å². The fourth-order valence-electron chi connectivity index (χ4n) is 5.07. The molecule has 0 rings (SSSR count). The number of ether oxygens (including phenoxy) is 2. The van der Waals surface area contributed by atoms with Crippen molar-refractivity contribution in [3.8, 4) is 0 Å². The van der Waals surface area contributed by atoms with E-state index in [1.54, 1.807) is 0 Å². The third-order valence-electron chi connectivity index (χ3n) is 8.49. The quantitative estimate of drug-likeness (QED) is 0.0118. The predicted octanol–water partition coefficient (Wildman–Crippen LogP) is -9.17. The van der Waals surface area contributed by atoms with Crippen molar-refractivity contribution in [3.63, 3.8) is 0 Å². The first-order valence-corrected chi connectivity index (χ1v) is 19.5. The summed E-state index contributed by atoms with van der Waals surface area (Å²) in [5, 5.41) is 133. The molecule has 0 fully saturated rings. The summed E-state index contributed by atoms with van der Waals surface area (Å²) < 4.78 is 9.67. The molecule has 9 atom stereocenters. The highest BCUT2D eigenvalue weighted by Crippen LogP contribution is 2.15. The Morgan fingerprint density at radius 3 is 1.40 bits per heavy atom. The minimum Gasteiger partial charge on any atom is -0.481 e. The van der Waals surface area contributed by atoms with Gasteiger partial charge >= 0.3 is 29.8 Å². The molecule has 0 saturated carbocycles. The standard InChI is InChI=1S/C35H60N6O24/c42-16-23(46)34(60)32(58)21(44)11-38-64-18-30(56)62-7-2-36-25(48)9-20(10-27(50)51)1-4-40(14-28(52)53)5-6-41(15-29(54)55)13-26(49)37-3-8-63-31(57)19-65-39-12-22(45)33(59)35(61)24(47)17-43/h11-12,20-24,32-35,42-47,58-61H,1-10,13-19H2,(H,36,48)(H,37,49)(H,50,51)(H,52,53)(H,54,55)/b38-11+,39-12+/t20?,21-,22-,23+,24+,32-,33-,34+,35+/m0/s1. The number of carboxylic acids is 3. The molecule has 374 valence electrons. The summed E-state index contributed by atoms with van der Waals surface area (Å²) in [6.07, 6.45) is -14.6. The van der Waals surface area contributed by atoms with Crippen molar-refractivity contribution in [1.82, 2.24) is 20.4 Å². The highest BCUT2D eigenvalue weighted by atomic mass is 16.7. The fraction of sp³-hybridized carbons (Fsp3) is 0.743. The molecule has 15 N–H and O–H groups in total. The minimum atomic E-state index is -1.95. The molecule has 0 aliphatic rings. The third kappa shape index (κ3) is 29.0. The number of rotatable bonds is 38. The van der Waals surface area contributed by atoms with Gasteiger partial charge in [0.15, 0.2) is 0 Å². The second-order valence-electron chi connectivity index (χ2n) is 13.9. The lowest BCUT2D eigenvalue weighted by atomic mass is 9.96. The van der Waals surface area contributed by atoms with Crippen LogP contribution in [0.15, 0.2) is 10.3 Å². The van der Waals surface area contributed by atoms with Gasteiger partial charge in [-0.05, 0) is 18.9 Å². The Labute approximate surface area is 369 Å². The molecule has 30 heteroatoms. The fourth-order valence-corrected chi connectivity index (χ4v) is 5.07. The van der Waals surface area contributed by atoms with Crippen LogP contribution in [0.4, 0.5) is 0 Å². The second-order valence-corrected chi connectivity index (χ2v) is 13.9. The number of carboxylic acid groups (broad SMARTS) is 3. The normalized spacial score (nSPS) is 15.9. The first kappa shape index (κ1) is 59.8. The molecular weight excluding hydrogens is 888 g/mol. The Balaban J connectivity index is 4.90. The van der Waals surface area contributed by atoms with E-state index in [9.17, 15) is 89.7 Å². The van der Waals surface area contributed by atoms with E-state index in [1.807, 2.05) is 0 Å². The number of aliphatic hydroxyl groups is 10. The van der Waals surface area contributed by atoms with Crippen LogP contribution >= 0.6 is 0 Å². The van der Waals surface area contributed by atoms with Crippen molar-refractivity contribution in [2.45, 2.75) is 68.1 Å². The molecule has 0 aromatic rings. The van der Waals surface area contributed by atoms with Gasteiger partial charge < -0.3 is 96.2 Å². The molecule has 2 amide bonds. The Morgan fingerprint density at radius 1 is 0.538 bits per heavy atom. The van der Waals surface area contributed by atoms with Crippen LogP contribution in [0, 0.1) is 5.92 Å². The zero-order chi connectivity index (χ0) is 49.5. The summed E-state index contributed by atoms with van der Waals surface area (Å²) in [5.41, 5.74) is 0. The molecule has 1 unspecified atom stereocenters. The molecule has 0 bridgehead atoms. The summed E-state index contributed by atoms with van der Waals surface area (Å²) in [6, 6.07) is 0. The van der Waals surface area contributed by atoms with Gasteiger partial charge in [-0.3, -0.25) is 33.8 Å². The van der Waals surface area contributed by atoms with E-state index in [4.69, 9.17) is 19.7 Å². The smallest absolute Gasteiger partial charge is 0.347 e. The topological polar surface area (TPSA) is 475 Å². The minimum absolute atomic E-state index is 0.00623. The molecule has 0 aliphatic carbocycles. The number of esters is 2. The van der Waals surface area contributed by atoms with Crippen molar-refractivity contribution in [2.24, 2.45) is 16.2 Å². The maximum atomic E-state index is 12.6. The molecule has 0 aromatic heterocycles. The number of oxime groups is 2. The highest BCUT2D eigenvalue weighted by Gasteiger charge is 2.30. The summed E-state index contributed by atoms with van der Waals surface area (Å²) in [7, 11) is 0. The van der Waals surface area contributed by atoms with Crippen LogP contribution in [0.5, 0.6) is 0 Å². The van der Waals surface area contributed by atoms with E-state index in [1.165, 1.54) is 9.80 Å². The first-order chi connectivity index (χ1) is 30.6. The van der Waals surface area contributed by atoms with Gasteiger partial charge in [0.2, 0.25) is 25.0 Å². The van der Waals surface area contributed by atoms with E-state index in [2.05, 4.69) is 30.6 Å². The van der Waals surface area contributed by atoms with Crippen LogP contribution in [0.3, 0.4) is 0 Å². The van der Waals surface area contributed by atoms with Gasteiger partial charge in [-0.15, -0.1) is 0 Å². The van der Waals surface area contributed by atoms with Crippen LogP contribution in [-0.4, -0.2) is 271 Å². The average molecular weight is 949 g/mol. The lowest BCUT2D eigenvalue weighted by molar-refractivity contribution is -0.149. The zero-order valence-corrected chi connectivity index (χ0v) is 35.0. The van der Waals surface area contributed by atoms with E-state index in [0.717, 1.165) is 0 Å². The molecule has 0 spiro atoms. The van der Waals surface area contributed by atoms with Crippen molar-refractivity contribution in [3.05, 3.63) is 0 Å². The Morgan fingerprint density at radius 2 is 0.969 bits per heavy atom. The summed E-state index contributed by atoms with van der Waals surface area (Å²) in [5.74, 6) is -7.97. The van der Waals surface area contributed by atoms with Crippen LogP contribution in [-0.2, 0) is 52.7 Å². The third-order valence-corrected chi connectivity index (χ3v) is 8.49. The van der Waals surface area contributed by atoms with Gasteiger partial charge in [-0.1, -0.05) is 10.3 Å². The molecule has 0 heterocycles. The van der Waals surface area contributed by atoms with Crippen molar-refractivity contribution in [1.29, 1.82) is 0 Å². The van der Waals surface area contributed by atoms with Crippen molar-refractivity contribution < 1.29 is 119 Å². The van der Waals surface area contributed by atoms with Crippen molar-refractivity contribution >= 4 is 54.1 Å². The van der Waals surface area contributed by atoms with Crippen molar-refractivity contribution in [2.75, 3.05) is 92.0 Å². The summed E-state index contributed by atoms with van der Waals surface area (Å²) in [6.45, 7) is -6.58. The molecular formula is C35H60N6O24. The molecule has 30 nitrogen and oxygen atoms in total. The van der Waals surface area contributed by atoms with E-state index in [-0.39, 0.29) is 58.8 Å². The van der Waals surface area contributed by atoms with Gasteiger partial charge in [0.1, 0.15) is 62.0 Å². The number of amides is 2. The maximum Gasteiger partial charge on any atom is 0.347 e.